The number of alkyl halides is 2. The highest BCUT2D eigenvalue weighted by molar-refractivity contribution is 5.97. The lowest BCUT2D eigenvalue weighted by molar-refractivity contribution is -0.119. The zero-order chi connectivity index (χ0) is 17.5. The summed E-state index contributed by atoms with van der Waals surface area (Å²) < 4.78 is 33.6. The molecule has 10 heteroatoms. The Bertz CT molecular complexity index is 742. The quantitative estimate of drug-likeness (QED) is 0.766. The van der Waals surface area contributed by atoms with Gasteiger partial charge in [0.2, 0.25) is 0 Å². The third-order valence-corrected chi connectivity index (χ3v) is 2.63. The largest absolute Gasteiger partial charge is 0.451 e. The highest BCUT2D eigenvalue weighted by Gasteiger charge is 2.16. The number of carbonyl (C=O) groups excluding carboxylic acids is 2. The van der Waals surface area contributed by atoms with E-state index in [1.165, 1.54) is 36.7 Å². The molecule has 3 N–H and O–H groups in total. The second kappa shape index (κ2) is 7.81. The fraction of sp³-hybridized carbons (Fsp3) is 0.143. The lowest BCUT2D eigenvalue weighted by Gasteiger charge is -2.11. The minimum atomic E-state index is -3.04. The van der Waals surface area contributed by atoms with Gasteiger partial charge in [-0.25, -0.2) is 14.8 Å². The minimum absolute atomic E-state index is 0.0119. The Morgan fingerprint density at radius 1 is 1.21 bits per heavy atom. The molecule has 0 aliphatic rings. The number of benzene rings is 1. The molecule has 0 atom stereocenters. The number of nitrogen functional groups attached to an aromatic ring is 1. The van der Waals surface area contributed by atoms with Crippen molar-refractivity contribution in [3.05, 3.63) is 42.4 Å². The van der Waals surface area contributed by atoms with E-state index in [-0.39, 0.29) is 22.9 Å². The number of amides is 1. The van der Waals surface area contributed by atoms with Gasteiger partial charge in [0.25, 0.3) is 5.91 Å². The summed E-state index contributed by atoms with van der Waals surface area (Å²) in [6.45, 7) is -3.71. The number of nitrogens with one attached hydrogen (secondary N) is 1. The molecule has 0 unspecified atom stereocenters. The van der Waals surface area contributed by atoms with Crippen LogP contribution in [0.25, 0.3) is 0 Å². The zero-order valence-electron chi connectivity index (χ0n) is 12.1. The fourth-order valence-corrected chi connectivity index (χ4v) is 1.66. The standard InChI is InChI=1S/C14H12F2N4O4/c15-14(16)24-9-4-2-1-3-8(9)20-10(21)7-23-13(22)11-12(17)19-6-5-18-11/h1-6,14H,7H2,(H2,17,19)(H,20,21). The molecule has 1 heterocycles. The van der Waals surface area contributed by atoms with Gasteiger partial charge >= 0.3 is 12.6 Å². The van der Waals surface area contributed by atoms with Crippen LogP contribution in [0.4, 0.5) is 20.3 Å². The molecule has 0 fully saturated rings. The van der Waals surface area contributed by atoms with Crippen molar-refractivity contribution in [2.24, 2.45) is 0 Å². The number of aromatic nitrogens is 2. The summed E-state index contributed by atoms with van der Waals surface area (Å²) in [5, 5.41) is 2.30. The smallest absolute Gasteiger partial charge is 0.387 e. The second-order valence-electron chi connectivity index (χ2n) is 4.29. The van der Waals surface area contributed by atoms with E-state index in [2.05, 4.69) is 20.0 Å². The van der Waals surface area contributed by atoms with Gasteiger partial charge in [0.1, 0.15) is 5.75 Å². The molecule has 0 saturated carbocycles. The topological polar surface area (TPSA) is 116 Å². The van der Waals surface area contributed by atoms with E-state index >= 15 is 0 Å². The first-order valence-electron chi connectivity index (χ1n) is 6.54. The van der Waals surface area contributed by atoms with Crippen LogP contribution in [0, 0.1) is 0 Å². The summed E-state index contributed by atoms with van der Waals surface area (Å²) in [6.07, 6.45) is 2.53. The lowest BCUT2D eigenvalue weighted by atomic mass is 10.3. The monoisotopic (exact) mass is 338 g/mol. The normalized spacial score (nSPS) is 10.3. The van der Waals surface area contributed by atoms with Gasteiger partial charge < -0.3 is 20.5 Å². The van der Waals surface area contributed by atoms with E-state index in [4.69, 9.17) is 10.5 Å². The second-order valence-corrected chi connectivity index (χ2v) is 4.29. The number of rotatable bonds is 6. The predicted octanol–water partition coefficient (Wildman–Crippen LogP) is 1.46. The Morgan fingerprint density at radius 3 is 2.62 bits per heavy atom. The lowest BCUT2D eigenvalue weighted by Crippen LogP contribution is -2.22. The van der Waals surface area contributed by atoms with E-state index in [0.29, 0.717) is 0 Å². The van der Waals surface area contributed by atoms with Crippen molar-refractivity contribution < 1.29 is 27.8 Å². The number of carbonyl (C=O) groups is 2. The Kier molecular flexibility index (Phi) is 5.55. The molecular weight excluding hydrogens is 326 g/mol. The molecule has 24 heavy (non-hydrogen) atoms. The van der Waals surface area contributed by atoms with E-state index in [1.54, 1.807) is 0 Å². The van der Waals surface area contributed by atoms with Gasteiger partial charge in [-0.15, -0.1) is 0 Å². The molecule has 126 valence electrons. The van der Waals surface area contributed by atoms with Gasteiger partial charge in [0.15, 0.2) is 18.1 Å². The molecule has 1 amide bonds. The van der Waals surface area contributed by atoms with Crippen LogP contribution in [-0.4, -0.2) is 35.1 Å². The van der Waals surface area contributed by atoms with Crippen molar-refractivity contribution in [2.45, 2.75) is 6.61 Å². The average Bonchev–Trinajstić information content (AvgIpc) is 2.54. The first-order valence-corrected chi connectivity index (χ1v) is 6.54. The maximum absolute atomic E-state index is 12.3. The summed E-state index contributed by atoms with van der Waals surface area (Å²) in [5.41, 5.74) is 5.24. The van der Waals surface area contributed by atoms with Crippen LogP contribution >= 0.6 is 0 Å². The number of ether oxygens (including phenoxy) is 2. The van der Waals surface area contributed by atoms with Gasteiger partial charge in [-0.3, -0.25) is 4.79 Å². The van der Waals surface area contributed by atoms with Crippen molar-refractivity contribution in [1.82, 2.24) is 9.97 Å². The number of halogens is 2. The van der Waals surface area contributed by atoms with Crippen molar-refractivity contribution in [3.8, 4) is 5.75 Å². The molecule has 0 radical (unpaired) electrons. The summed E-state index contributed by atoms with van der Waals surface area (Å²) in [7, 11) is 0. The number of anilines is 2. The Labute approximate surface area is 134 Å². The maximum atomic E-state index is 12.3. The van der Waals surface area contributed by atoms with Gasteiger partial charge in [0, 0.05) is 12.4 Å². The zero-order valence-corrected chi connectivity index (χ0v) is 12.1. The highest BCUT2D eigenvalue weighted by Crippen LogP contribution is 2.25. The molecule has 0 saturated heterocycles. The van der Waals surface area contributed by atoms with Gasteiger partial charge in [-0.05, 0) is 12.1 Å². The minimum Gasteiger partial charge on any atom is -0.451 e. The average molecular weight is 338 g/mol. The van der Waals surface area contributed by atoms with E-state index in [1.807, 2.05) is 0 Å². The summed E-state index contributed by atoms with van der Waals surface area (Å²) in [6, 6.07) is 5.59. The van der Waals surface area contributed by atoms with Crippen molar-refractivity contribution in [1.29, 1.82) is 0 Å². The first-order chi connectivity index (χ1) is 11.5. The summed E-state index contributed by atoms with van der Waals surface area (Å²) in [5.74, 6) is -2.05. The van der Waals surface area contributed by atoms with Crippen molar-refractivity contribution >= 4 is 23.4 Å². The number of nitrogens with two attached hydrogens (primary N) is 1. The number of hydrogen-bond donors (Lipinski definition) is 2. The molecule has 1 aromatic carbocycles. The maximum Gasteiger partial charge on any atom is 0.387 e. The highest BCUT2D eigenvalue weighted by atomic mass is 19.3. The molecule has 0 bridgehead atoms. The number of para-hydroxylation sites is 2. The molecule has 2 rings (SSSR count). The predicted molar refractivity (Wildman–Crippen MR) is 78.4 cm³/mol. The third kappa shape index (κ3) is 4.60. The van der Waals surface area contributed by atoms with Gasteiger partial charge in [0.05, 0.1) is 5.69 Å². The van der Waals surface area contributed by atoms with Crippen LogP contribution < -0.4 is 15.8 Å². The van der Waals surface area contributed by atoms with E-state index in [9.17, 15) is 18.4 Å². The summed E-state index contributed by atoms with van der Waals surface area (Å²) in [4.78, 5) is 30.8. The van der Waals surface area contributed by atoms with Gasteiger partial charge in [-0.2, -0.15) is 8.78 Å². The van der Waals surface area contributed by atoms with Crippen LogP contribution in [0.3, 0.4) is 0 Å². The SMILES string of the molecule is Nc1nccnc1C(=O)OCC(=O)Nc1ccccc1OC(F)F. The van der Waals surface area contributed by atoms with E-state index < -0.39 is 25.1 Å². The molecule has 0 aliphatic heterocycles. The Balaban J connectivity index is 1.95. The van der Waals surface area contributed by atoms with Crippen LogP contribution in [0.2, 0.25) is 0 Å². The fourth-order valence-electron chi connectivity index (χ4n) is 1.66. The molecule has 1 aromatic heterocycles. The Morgan fingerprint density at radius 2 is 1.92 bits per heavy atom. The van der Waals surface area contributed by atoms with Crippen LogP contribution in [0.1, 0.15) is 10.5 Å². The Hall–Kier alpha value is -3.30. The van der Waals surface area contributed by atoms with Crippen LogP contribution in [-0.2, 0) is 9.53 Å². The van der Waals surface area contributed by atoms with Crippen molar-refractivity contribution in [3.63, 3.8) is 0 Å². The molecule has 0 spiro atoms. The third-order valence-electron chi connectivity index (χ3n) is 2.63. The van der Waals surface area contributed by atoms with Gasteiger partial charge in [-0.1, -0.05) is 12.1 Å². The van der Waals surface area contributed by atoms with Crippen LogP contribution in [0.5, 0.6) is 5.75 Å². The first kappa shape index (κ1) is 17.1. The number of hydrogen-bond acceptors (Lipinski definition) is 7. The van der Waals surface area contributed by atoms with Crippen LogP contribution in [0.15, 0.2) is 36.7 Å². The molecule has 0 aliphatic carbocycles. The van der Waals surface area contributed by atoms with Crippen molar-refractivity contribution in [2.75, 3.05) is 17.7 Å². The number of esters is 1. The summed E-state index contributed by atoms with van der Waals surface area (Å²) >= 11 is 0. The number of nitrogens with zero attached hydrogens (tertiary/aromatic N) is 2. The molecule has 2 aromatic rings. The molecule has 8 nitrogen and oxygen atoms in total. The van der Waals surface area contributed by atoms with E-state index in [0.717, 1.165) is 0 Å². The molecular formula is C14H12F2N4O4.